The van der Waals surface area contributed by atoms with Gasteiger partial charge in [0.05, 0.1) is 31.6 Å². The van der Waals surface area contributed by atoms with E-state index in [1.165, 1.54) is 24.1 Å². The summed E-state index contributed by atoms with van der Waals surface area (Å²) in [5, 5.41) is 11.0. The number of hydrogen-bond acceptors (Lipinski definition) is 7. The highest BCUT2D eigenvalue weighted by molar-refractivity contribution is 6.46. The smallest absolute Gasteiger partial charge is 0.295 e. The molecule has 3 heterocycles. The number of aliphatic hydroxyl groups is 1. The predicted molar refractivity (Wildman–Crippen MR) is 113 cm³/mol. The number of Topliss-reactive ketones (excluding diaryl/α,β-unsaturated/α-hetero) is 1. The van der Waals surface area contributed by atoms with Gasteiger partial charge >= 0.3 is 0 Å². The van der Waals surface area contributed by atoms with Crippen LogP contribution in [0.25, 0.3) is 5.76 Å². The Morgan fingerprint density at radius 1 is 1.22 bits per heavy atom. The van der Waals surface area contributed by atoms with Crippen LogP contribution in [0.3, 0.4) is 0 Å². The van der Waals surface area contributed by atoms with Crippen molar-refractivity contribution >= 4 is 17.4 Å². The van der Waals surface area contributed by atoms with Crippen molar-refractivity contribution in [3.8, 4) is 5.75 Å². The molecule has 0 unspecified atom stereocenters. The highest BCUT2D eigenvalue weighted by Crippen LogP contribution is 2.38. The fourth-order valence-electron chi connectivity index (χ4n) is 4.00. The Hall–Kier alpha value is -3.30. The molecule has 8 nitrogen and oxygen atoms in total. The molecule has 0 spiro atoms. The summed E-state index contributed by atoms with van der Waals surface area (Å²) >= 11 is 0. The number of methoxy groups -OCH3 is 1. The maximum atomic E-state index is 14.2. The highest BCUT2D eigenvalue weighted by atomic mass is 19.1. The first-order valence-corrected chi connectivity index (χ1v) is 10.3. The Morgan fingerprint density at radius 3 is 2.66 bits per heavy atom. The van der Waals surface area contributed by atoms with E-state index in [-0.39, 0.29) is 23.4 Å². The van der Waals surface area contributed by atoms with E-state index in [4.69, 9.17) is 9.47 Å². The van der Waals surface area contributed by atoms with Crippen LogP contribution in [0.15, 0.2) is 48.2 Å². The molecule has 0 radical (unpaired) electrons. The Kier molecular flexibility index (Phi) is 6.48. The summed E-state index contributed by atoms with van der Waals surface area (Å²) in [5.74, 6) is -2.67. The van der Waals surface area contributed by atoms with E-state index in [2.05, 4.69) is 9.88 Å². The normalized spacial score (nSPS) is 21.2. The molecule has 2 aliphatic heterocycles. The number of aliphatic hydroxyl groups excluding tert-OH is 1. The van der Waals surface area contributed by atoms with Crippen molar-refractivity contribution in [2.45, 2.75) is 6.04 Å². The molecular formula is C23H24FN3O5. The first kappa shape index (κ1) is 21.9. The lowest BCUT2D eigenvalue weighted by molar-refractivity contribution is -0.140. The quantitative estimate of drug-likeness (QED) is 0.416. The van der Waals surface area contributed by atoms with Crippen LogP contribution in [0.4, 0.5) is 4.39 Å². The van der Waals surface area contributed by atoms with E-state index in [0.29, 0.717) is 25.5 Å². The number of likely N-dealkylation sites (tertiary alicyclic amines) is 1. The maximum absolute atomic E-state index is 14.2. The number of ether oxygens (including phenoxy) is 2. The zero-order valence-electron chi connectivity index (χ0n) is 17.7. The van der Waals surface area contributed by atoms with Gasteiger partial charge in [0, 0.05) is 37.9 Å². The second-order valence-corrected chi connectivity index (χ2v) is 7.55. The van der Waals surface area contributed by atoms with Gasteiger partial charge in [-0.3, -0.25) is 19.5 Å². The molecule has 168 valence electrons. The molecular weight excluding hydrogens is 417 g/mol. The summed E-state index contributed by atoms with van der Waals surface area (Å²) in [6.45, 7) is 3.54. The molecule has 0 bridgehead atoms. The van der Waals surface area contributed by atoms with Gasteiger partial charge in [0.1, 0.15) is 11.8 Å². The number of aromatic nitrogens is 1. The summed E-state index contributed by atoms with van der Waals surface area (Å²) in [5.41, 5.74) is 0.417. The average molecular weight is 441 g/mol. The third-order valence-electron chi connectivity index (χ3n) is 5.69. The number of carbonyl (C=O) groups excluding carboxylic acids is 2. The van der Waals surface area contributed by atoms with Gasteiger partial charge in [0.25, 0.3) is 11.7 Å². The number of halogens is 1. The first-order valence-electron chi connectivity index (χ1n) is 10.3. The lowest BCUT2D eigenvalue weighted by Crippen LogP contribution is -2.42. The number of hydrogen-bond donors (Lipinski definition) is 1. The van der Waals surface area contributed by atoms with Gasteiger partial charge in [0.15, 0.2) is 11.6 Å². The summed E-state index contributed by atoms with van der Waals surface area (Å²) < 4.78 is 24.5. The monoisotopic (exact) mass is 441 g/mol. The van der Waals surface area contributed by atoms with E-state index in [0.717, 1.165) is 19.2 Å². The second-order valence-electron chi connectivity index (χ2n) is 7.55. The average Bonchev–Trinajstić information content (AvgIpc) is 3.08. The Bertz CT molecular complexity index is 1040. The largest absolute Gasteiger partial charge is 0.507 e. The Labute approximate surface area is 184 Å². The van der Waals surface area contributed by atoms with Gasteiger partial charge in [-0.1, -0.05) is 6.07 Å². The molecule has 2 saturated heterocycles. The minimum atomic E-state index is -0.873. The van der Waals surface area contributed by atoms with E-state index >= 15 is 0 Å². The van der Waals surface area contributed by atoms with Crippen molar-refractivity contribution in [2.24, 2.45) is 0 Å². The molecule has 1 aromatic carbocycles. The lowest BCUT2D eigenvalue weighted by atomic mass is 9.98. The van der Waals surface area contributed by atoms with Gasteiger partial charge in [-0.15, -0.1) is 0 Å². The van der Waals surface area contributed by atoms with Crippen molar-refractivity contribution in [1.82, 2.24) is 14.8 Å². The second kappa shape index (κ2) is 9.46. The van der Waals surface area contributed by atoms with Crippen LogP contribution in [0.5, 0.6) is 5.75 Å². The predicted octanol–water partition coefficient (Wildman–Crippen LogP) is 1.98. The minimum Gasteiger partial charge on any atom is -0.507 e. The number of rotatable bonds is 6. The third-order valence-corrected chi connectivity index (χ3v) is 5.69. The third kappa shape index (κ3) is 4.21. The number of benzene rings is 1. The van der Waals surface area contributed by atoms with Crippen molar-refractivity contribution in [2.75, 3.05) is 46.5 Å². The molecule has 2 fully saturated rings. The van der Waals surface area contributed by atoms with Crippen LogP contribution in [-0.4, -0.2) is 78.1 Å². The summed E-state index contributed by atoms with van der Waals surface area (Å²) in [7, 11) is 1.33. The number of amides is 1. The molecule has 1 aromatic heterocycles. The van der Waals surface area contributed by atoms with E-state index in [9.17, 15) is 19.1 Å². The van der Waals surface area contributed by atoms with Gasteiger partial charge < -0.3 is 19.5 Å². The van der Waals surface area contributed by atoms with Crippen LogP contribution in [0.1, 0.15) is 17.3 Å². The van der Waals surface area contributed by atoms with Crippen LogP contribution in [0, 0.1) is 5.82 Å². The molecule has 32 heavy (non-hydrogen) atoms. The number of ketones is 1. The number of carbonyl (C=O) groups is 2. The van der Waals surface area contributed by atoms with Gasteiger partial charge in [-0.2, -0.15) is 0 Å². The molecule has 0 aliphatic carbocycles. The number of morpholine rings is 1. The van der Waals surface area contributed by atoms with E-state index in [1.54, 1.807) is 24.4 Å². The molecule has 2 aromatic rings. The lowest BCUT2D eigenvalue weighted by Gasteiger charge is -2.30. The molecule has 1 N–H and O–H groups in total. The van der Waals surface area contributed by atoms with Crippen LogP contribution in [0.2, 0.25) is 0 Å². The minimum absolute atomic E-state index is 0.00814. The van der Waals surface area contributed by atoms with Crippen molar-refractivity contribution < 1.29 is 28.6 Å². The fraction of sp³-hybridized carbons (Fsp3) is 0.348. The van der Waals surface area contributed by atoms with Crippen molar-refractivity contribution in [1.29, 1.82) is 0 Å². The standard InChI is InChI=1S/C23H24FN3O5/c1-31-18-6-5-15(14-16(18)24)21(28)19-20(17-4-2-3-7-25-17)27(23(30)22(19)29)9-8-26-10-12-32-13-11-26/h2-7,14,20,28H,8-13H2,1H3/t20-/m1/s1. The maximum Gasteiger partial charge on any atom is 0.295 e. The zero-order chi connectivity index (χ0) is 22.7. The SMILES string of the molecule is COc1ccc(C(O)=C2C(=O)C(=O)N(CCN3CCOCC3)[C@@H]2c2ccccn2)cc1F. The van der Waals surface area contributed by atoms with Crippen molar-refractivity contribution in [3.63, 3.8) is 0 Å². The molecule has 0 saturated carbocycles. The first-order chi connectivity index (χ1) is 15.5. The Morgan fingerprint density at radius 2 is 2.00 bits per heavy atom. The van der Waals surface area contributed by atoms with Gasteiger partial charge in [-0.05, 0) is 30.3 Å². The number of nitrogens with zero attached hydrogens (tertiary/aromatic N) is 3. The van der Waals surface area contributed by atoms with Crippen LogP contribution >= 0.6 is 0 Å². The van der Waals surface area contributed by atoms with Gasteiger partial charge in [-0.25, -0.2) is 4.39 Å². The molecule has 2 aliphatic rings. The molecule has 1 amide bonds. The highest BCUT2D eigenvalue weighted by Gasteiger charge is 2.46. The van der Waals surface area contributed by atoms with Crippen LogP contribution in [-0.2, 0) is 14.3 Å². The van der Waals surface area contributed by atoms with Crippen LogP contribution < -0.4 is 4.74 Å². The molecule has 1 atom stereocenters. The summed E-state index contributed by atoms with van der Waals surface area (Å²) in [6, 6.07) is 8.16. The van der Waals surface area contributed by atoms with E-state index in [1.807, 2.05) is 0 Å². The fourth-order valence-corrected chi connectivity index (χ4v) is 4.00. The molecule has 9 heteroatoms. The number of pyridine rings is 1. The zero-order valence-corrected chi connectivity index (χ0v) is 17.7. The topological polar surface area (TPSA) is 92.2 Å². The van der Waals surface area contributed by atoms with E-state index < -0.39 is 29.3 Å². The van der Waals surface area contributed by atoms with Crippen molar-refractivity contribution in [3.05, 3.63) is 65.2 Å². The Balaban J connectivity index is 1.72. The van der Waals surface area contributed by atoms with Gasteiger partial charge in [0.2, 0.25) is 0 Å². The molecule has 4 rings (SSSR count). The summed E-state index contributed by atoms with van der Waals surface area (Å²) in [6.07, 6.45) is 1.56. The summed E-state index contributed by atoms with van der Waals surface area (Å²) in [4.78, 5) is 33.8.